The molecule has 0 radical (unpaired) electrons. The maximum Gasteiger partial charge on any atom is 0.135 e. The Hall–Kier alpha value is -3.73. The van der Waals surface area contributed by atoms with Crippen LogP contribution in [0.15, 0.2) is 91.0 Å². The minimum Gasteiger partial charge on any atom is -0.457 e. The number of benzene rings is 3. The SMILES string of the molecule is Fc1ccc(-c2cccc(Nc3ccc(Oc4ccccc4)cc3)n2)c(F)c1. The molecule has 0 bridgehead atoms. The third kappa shape index (κ3) is 4.15. The molecule has 1 aromatic heterocycles. The van der Waals surface area contributed by atoms with E-state index in [2.05, 4.69) is 10.3 Å². The monoisotopic (exact) mass is 374 g/mol. The van der Waals surface area contributed by atoms with Crippen LogP contribution >= 0.6 is 0 Å². The predicted octanol–water partition coefficient (Wildman–Crippen LogP) is 6.56. The average molecular weight is 374 g/mol. The van der Waals surface area contributed by atoms with Gasteiger partial charge < -0.3 is 10.1 Å². The van der Waals surface area contributed by atoms with Crippen LogP contribution in [-0.2, 0) is 0 Å². The molecule has 0 unspecified atom stereocenters. The first kappa shape index (κ1) is 17.7. The van der Waals surface area contributed by atoms with Gasteiger partial charge in [0.05, 0.1) is 5.69 Å². The number of nitrogens with zero attached hydrogens (tertiary/aromatic N) is 1. The van der Waals surface area contributed by atoms with Crippen LogP contribution in [0.2, 0.25) is 0 Å². The van der Waals surface area contributed by atoms with Gasteiger partial charge in [-0.3, -0.25) is 0 Å². The van der Waals surface area contributed by atoms with Gasteiger partial charge in [0.2, 0.25) is 0 Å². The van der Waals surface area contributed by atoms with Crippen molar-refractivity contribution >= 4 is 11.5 Å². The van der Waals surface area contributed by atoms with Crippen LogP contribution in [0.4, 0.5) is 20.3 Å². The molecular formula is C23H16F2N2O. The molecule has 138 valence electrons. The van der Waals surface area contributed by atoms with Crippen molar-refractivity contribution in [3.05, 3.63) is 103 Å². The van der Waals surface area contributed by atoms with Crippen LogP contribution in [-0.4, -0.2) is 4.98 Å². The van der Waals surface area contributed by atoms with Gasteiger partial charge in [-0.25, -0.2) is 13.8 Å². The molecule has 5 heteroatoms. The highest BCUT2D eigenvalue weighted by molar-refractivity contribution is 5.64. The van der Waals surface area contributed by atoms with E-state index in [4.69, 9.17) is 4.74 Å². The standard InChI is InChI=1S/C23H16F2N2O/c24-16-9-14-20(21(25)15-16)22-7-4-8-23(27-22)26-17-10-12-19(13-11-17)28-18-5-2-1-3-6-18/h1-15H,(H,26,27). The van der Waals surface area contributed by atoms with E-state index >= 15 is 0 Å². The Morgan fingerprint density at radius 3 is 2.21 bits per heavy atom. The Morgan fingerprint density at radius 2 is 1.46 bits per heavy atom. The number of hydrogen-bond donors (Lipinski definition) is 1. The molecule has 3 nitrogen and oxygen atoms in total. The van der Waals surface area contributed by atoms with E-state index in [0.717, 1.165) is 17.5 Å². The topological polar surface area (TPSA) is 34.1 Å². The van der Waals surface area contributed by atoms with Gasteiger partial charge in [0.25, 0.3) is 0 Å². The summed E-state index contributed by atoms with van der Waals surface area (Å²) in [5, 5.41) is 3.17. The summed E-state index contributed by atoms with van der Waals surface area (Å²) in [5.41, 5.74) is 1.48. The zero-order valence-electron chi connectivity index (χ0n) is 14.8. The molecule has 28 heavy (non-hydrogen) atoms. The van der Waals surface area contributed by atoms with Gasteiger partial charge in [-0.2, -0.15) is 0 Å². The number of ether oxygens (including phenoxy) is 1. The van der Waals surface area contributed by atoms with Gasteiger partial charge in [-0.05, 0) is 60.7 Å². The van der Waals surface area contributed by atoms with Crippen molar-refractivity contribution in [2.24, 2.45) is 0 Å². The second-order valence-corrected chi connectivity index (χ2v) is 6.10. The lowest BCUT2D eigenvalue weighted by molar-refractivity contribution is 0.483. The molecule has 0 saturated heterocycles. The summed E-state index contributed by atoms with van der Waals surface area (Å²) in [6, 6.07) is 25.6. The van der Waals surface area contributed by atoms with E-state index in [1.807, 2.05) is 54.6 Å². The normalized spacial score (nSPS) is 10.5. The Bertz CT molecular complexity index is 1080. The van der Waals surface area contributed by atoms with Crippen molar-refractivity contribution in [2.75, 3.05) is 5.32 Å². The maximum absolute atomic E-state index is 14.0. The number of halogens is 2. The van der Waals surface area contributed by atoms with E-state index in [1.165, 1.54) is 12.1 Å². The van der Waals surface area contributed by atoms with Gasteiger partial charge in [0.15, 0.2) is 0 Å². The number of nitrogens with one attached hydrogen (secondary N) is 1. The summed E-state index contributed by atoms with van der Waals surface area (Å²) in [7, 11) is 0. The van der Waals surface area contributed by atoms with Gasteiger partial charge in [0.1, 0.15) is 29.0 Å². The summed E-state index contributed by atoms with van der Waals surface area (Å²) in [6.07, 6.45) is 0. The quantitative estimate of drug-likeness (QED) is 0.429. The third-order valence-corrected chi connectivity index (χ3v) is 4.06. The van der Waals surface area contributed by atoms with Crippen LogP contribution in [0, 0.1) is 11.6 Å². The number of anilines is 2. The van der Waals surface area contributed by atoms with Gasteiger partial charge >= 0.3 is 0 Å². The Labute approximate surface area is 161 Å². The van der Waals surface area contributed by atoms with Crippen LogP contribution in [0.3, 0.4) is 0 Å². The van der Waals surface area contributed by atoms with Crippen LogP contribution in [0.25, 0.3) is 11.3 Å². The molecule has 1 heterocycles. The summed E-state index contributed by atoms with van der Waals surface area (Å²) in [5.74, 6) is 0.768. The van der Waals surface area contributed by atoms with Crippen molar-refractivity contribution in [1.29, 1.82) is 0 Å². The molecule has 4 aromatic rings. The fourth-order valence-corrected chi connectivity index (χ4v) is 2.73. The van der Waals surface area contributed by atoms with E-state index in [0.29, 0.717) is 17.3 Å². The molecular weight excluding hydrogens is 358 g/mol. The highest BCUT2D eigenvalue weighted by Gasteiger charge is 2.08. The smallest absolute Gasteiger partial charge is 0.135 e. The number of hydrogen-bond acceptors (Lipinski definition) is 3. The summed E-state index contributed by atoms with van der Waals surface area (Å²) in [6.45, 7) is 0. The van der Waals surface area contributed by atoms with E-state index in [9.17, 15) is 8.78 Å². The Balaban J connectivity index is 1.50. The molecule has 1 N–H and O–H groups in total. The van der Waals surface area contributed by atoms with Crippen LogP contribution in [0.1, 0.15) is 0 Å². The van der Waals surface area contributed by atoms with Crippen molar-refractivity contribution in [2.45, 2.75) is 0 Å². The van der Waals surface area contributed by atoms with Crippen molar-refractivity contribution in [1.82, 2.24) is 4.98 Å². The zero-order chi connectivity index (χ0) is 19.3. The van der Waals surface area contributed by atoms with E-state index in [1.54, 1.807) is 18.2 Å². The molecule has 3 aromatic carbocycles. The third-order valence-electron chi connectivity index (χ3n) is 4.06. The highest BCUT2D eigenvalue weighted by atomic mass is 19.1. The second kappa shape index (κ2) is 7.88. The van der Waals surface area contributed by atoms with E-state index < -0.39 is 11.6 Å². The fraction of sp³-hybridized carbons (Fsp3) is 0. The zero-order valence-corrected chi connectivity index (χ0v) is 14.8. The Morgan fingerprint density at radius 1 is 0.714 bits per heavy atom. The predicted molar refractivity (Wildman–Crippen MR) is 106 cm³/mol. The van der Waals surface area contributed by atoms with E-state index in [-0.39, 0.29) is 5.56 Å². The number of para-hydroxylation sites is 1. The number of aromatic nitrogens is 1. The largest absolute Gasteiger partial charge is 0.457 e. The maximum atomic E-state index is 14.0. The second-order valence-electron chi connectivity index (χ2n) is 6.10. The first-order valence-corrected chi connectivity index (χ1v) is 8.70. The van der Waals surface area contributed by atoms with Gasteiger partial charge in [0, 0.05) is 17.3 Å². The minimum absolute atomic E-state index is 0.247. The molecule has 0 aliphatic rings. The van der Waals surface area contributed by atoms with Crippen LogP contribution in [0.5, 0.6) is 11.5 Å². The first-order chi connectivity index (χ1) is 13.7. The average Bonchev–Trinajstić information content (AvgIpc) is 2.70. The minimum atomic E-state index is -0.646. The van der Waals surface area contributed by atoms with Crippen molar-refractivity contribution in [3.63, 3.8) is 0 Å². The van der Waals surface area contributed by atoms with Crippen molar-refractivity contribution in [3.8, 4) is 22.8 Å². The Kier molecular flexibility index (Phi) is 4.97. The lowest BCUT2D eigenvalue weighted by atomic mass is 10.1. The molecule has 0 aliphatic heterocycles. The summed E-state index contributed by atoms with van der Waals surface area (Å²) >= 11 is 0. The fourth-order valence-electron chi connectivity index (χ4n) is 2.73. The molecule has 0 saturated carbocycles. The highest BCUT2D eigenvalue weighted by Crippen LogP contribution is 2.26. The lowest BCUT2D eigenvalue weighted by Crippen LogP contribution is -1.96. The molecule has 0 amide bonds. The van der Waals surface area contributed by atoms with Gasteiger partial charge in [-0.1, -0.05) is 24.3 Å². The molecule has 0 fully saturated rings. The molecule has 0 atom stereocenters. The lowest BCUT2D eigenvalue weighted by Gasteiger charge is -2.10. The molecule has 0 spiro atoms. The van der Waals surface area contributed by atoms with Gasteiger partial charge in [-0.15, -0.1) is 0 Å². The number of rotatable bonds is 5. The van der Waals surface area contributed by atoms with Crippen LogP contribution < -0.4 is 10.1 Å². The van der Waals surface area contributed by atoms with Crippen molar-refractivity contribution < 1.29 is 13.5 Å². The molecule has 0 aliphatic carbocycles. The summed E-state index contributed by atoms with van der Waals surface area (Å²) in [4.78, 5) is 4.41. The first-order valence-electron chi connectivity index (χ1n) is 8.70. The molecule has 4 rings (SSSR count). The summed E-state index contributed by atoms with van der Waals surface area (Å²) < 4.78 is 32.9. The number of pyridine rings is 1.